The van der Waals surface area contributed by atoms with E-state index in [-0.39, 0.29) is 5.91 Å². The molecule has 0 spiro atoms. The summed E-state index contributed by atoms with van der Waals surface area (Å²) in [4.78, 5) is 14.8. The fourth-order valence-corrected chi connectivity index (χ4v) is 4.61. The van der Waals surface area contributed by atoms with E-state index >= 15 is 0 Å². The second-order valence-corrected chi connectivity index (χ2v) is 7.17. The number of carbonyl (C=O) groups excluding carboxylic acids is 1. The molecule has 2 fully saturated rings. The number of rotatable bonds is 2. The largest absolute Gasteiger partial charge is 0.398 e. The minimum absolute atomic E-state index is 0.290. The maximum absolute atomic E-state index is 12.8. The van der Waals surface area contributed by atoms with Crippen LogP contribution in [0.5, 0.6) is 0 Å². The molecule has 3 aliphatic rings. The Kier molecular flexibility index (Phi) is 3.57. The van der Waals surface area contributed by atoms with Crippen molar-refractivity contribution in [3.05, 3.63) is 23.8 Å². The van der Waals surface area contributed by atoms with E-state index in [0.29, 0.717) is 24.4 Å². The van der Waals surface area contributed by atoms with Gasteiger partial charge >= 0.3 is 0 Å². The monoisotopic (exact) mass is 299 g/mol. The van der Waals surface area contributed by atoms with Gasteiger partial charge in [0, 0.05) is 36.4 Å². The number of nitrogens with zero attached hydrogens (tertiary/aromatic N) is 1. The molecule has 4 rings (SSSR count). The van der Waals surface area contributed by atoms with Crippen LogP contribution in [0.4, 0.5) is 11.4 Å². The Bertz CT molecular complexity index is 574. The summed E-state index contributed by atoms with van der Waals surface area (Å²) in [7, 11) is 0. The van der Waals surface area contributed by atoms with Crippen LogP contribution in [0.15, 0.2) is 18.2 Å². The third-order valence-corrected chi connectivity index (χ3v) is 5.62. The molecule has 4 heteroatoms. The summed E-state index contributed by atoms with van der Waals surface area (Å²) in [6.45, 7) is 0.840. The second-order valence-electron chi connectivity index (χ2n) is 7.17. The molecule has 3 N–H and O–H groups in total. The average molecular weight is 299 g/mol. The molecule has 2 saturated heterocycles. The molecule has 0 saturated carbocycles. The minimum Gasteiger partial charge on any atom is -0.398 e. The van der Waals surface area contributed by atoms with Crippen LogP contribution in [0.1, 0.15) is 44.1 Å². The zero-order valence-electron chi connectivity index (χ0n) is 13.1. The van der Waals surface area contributed by atoms with Gasteiger partial charge in [-0.15, -0.1) is 0 Å². The molecule has 0 aliphatic carbocycles. The SMILES string of the molecule is Nc1cccc2c1CCCN2C(=O)CC1CC2CCC(C1)N2. The fraction of sp³-hybridized carbons (Fsp3) is 0.611. The molecular weight excluding hydrogens is 274 g/mol. The molecule has 1 aromatic rings. The minimum atomic E-state index is 0.290. The Labute approximate surface area is 132 Å². The van der Waals surface area contributed by atoms with Gasteiger partial charge in [0.15, 0.2) is 0 Å². The van der Waals surface area contributed by atoms with Crippen molar-refractivity contribution in [1.82, 2.24) is 5.32 Å². The van der Waals surface area contributed by atoms with Gasteiger partial charge in [-0.2, -0.15) is 0 Å². The maximum atomic E-state index is 12.8. The van der Waals surface area contributed by atoms with Gasteiger partial charge in [0.05, 0.1) is 0 Å². The van der Waals surface area contributed by atoms with E-state index in [9.17, 15) is 4.79 Å². The lowest BCUT2D eigenvalue weighted by molar-refractivity contribution is -0.119. The number of benzene rings is 1. The van der Waals surface area contributed by atoms with E-state index in [1.807, 2.05) is 17.0 Å². The Balaban J connectivity index is 1.49. The van der Waals surface area contributed by atoms with Crippen molar-refractivity contribution in [3.63, 3.8) is 0 Å². The number of nitrogens with one attached hydrogen (secondary N) is 1. The van der Waals surface area contributed by atoms with Crippen LogP contribution < -0.4 is 16.0 Å². The van der Waals surface area contributed by atoms with Gasteiger partial charge in [0.1, 0.15) is 0 Å². The lowest BCUT2D eigenvalue weighted by Crippen LogP contribution is -2.41. The topological polar surface area (TPSA) is 58.4 Å². The first-order valence-corrected chi connectivity index (χ1v) is 8.64. The first-order valence-electron chi connectivity index (χ1n) is 8.64. The number of fused-ring (bicyclic) bond motifs is 3. The van der Waals surface area contributed by atoms with Crippen molar-refractivity contribution in [3.8, 4) is 0 Å². The molecule has 0 radical (unpaired) electrons. The summed E-state index contributed by atoms with van der Waals surface area (Å²) in [6, 6.07) is 7.26. The smallest absolute Gasteiger partial charge is 0.227 e. The predicted octanol–water partition coefficient (Wildman–Crippen LogP) is 2.47. The number of nitrogens with two attached hydrogens (primary N) is 1. The first kappa shape index (κ1) is 14.1. The Hall–Kier alpha value is -1.55. The summed E-state index contributed by atoms with van der Waals surface area (Å²) in [6.07, 6.45) is 7.62. The Morgan fingerprint density at radius 3 is 2.82 bits per heavy atom. The van der Waals surface area contributed by atoms with Gasteiger partial charge in [-0.3, -0.25) is 4.79 Å². The Morgan fingerprint density at radius 1 is 1.27 bits per heavy atom. The number of piperidine rings is 1. The van der Waals surface area contributed by atoms with Crippen molar-refractivity contribution in [1.29, 1.82) is 0 Å². The standard InChI is InChI=1S/C18H25N3O/c19-16-4-1-5-17-15(16)3-2-8-21(17)18(22)11-12-9-13-6-7-14(10-12)20-13/h1,4-5,12-14,20H,2-3,6-11,19H2. The summed E-state index contributed by atoms with van der Waals surface area (Å²) < 4.78 is 0. The number of amides is 1. The molecule has 118 valence electrons. The van der Waals surface area contributed by atoms with E-state index < -0.39 is 0 Å². The van der Waals surface area contributed by atoms with E-state index in [2.05, 4.69) is 11.4 Å². The van der Waals surface area contributed by atoms with Gasteiger partial charge in [-0.05, 0) is 62.1 Å². The molecule has 4 nitrogen and oxygen atoms in total. The van der Waals surface area contributed by atoms with Crippen molar-refractivity contribution in [2.75, 3.05) is 17.2 Å². The van der Waals surface area contributed by atoms with Crippen molar-refractivity contribution < 1.29 is 4.79 Å². The first-order chi connectivity index (χ1) is 10.7. The van der Waals surface area contributed by atoms with E-state index in [1.165, 1.54) is 25.7 Å². The van der Waals surface area contributed by atoms with Crippen LogP contribution >= 0.6 is 0 Å². The Morgan fingerprint density at radius 2 is 2.05 bits per heavy atom. The number of carbonyl (C=O) groups is 1. The van der Waals surface area contributed by atoms with Crippen LogP contribution in [-0.4, -0.2) is 24.5 Å². The molecule has 2 bridgehead atoms. The van der Waals surface area contributed by atoms with Crippen molar-refractivity contribution in [2.24, 2.45) is 5.92 Å². The highest BCUT2D eigenvalue weighted by molar-refractivity contribution is 5.95. The molecular formula is C18H25N3O. The van der Waals surface area contributed by atoms with Gasteiger partial charge in [0.25, 0.3) is 0 Å². The quantitative estimate of drug-likeness (QED) is 0.825. The van der Waals surface area contributed by atoms with E-state index in [0.717, 1.165) is 36.3 Å². The van der Waals surface area contributed by atoms with Crippen molar-refractivity contribution in [2.45, 2.75) is 57.0 Å². The fourth-order valence-electron chi connectivity index (χ4n) is 4.61. The zero-order valence-corrected chi connectivity index (χ0v) is 13.1. The van der Waals surface area contributed by atoms with E-state index in [1.54, 1.807) is 0 Å². The zero-order chi connectivity index (χ0) is 15.1. The van der Waals surface area contributed by atoms with Gasteiger partial charge in [-0.25, -0.2) is 0 Å². The third-order valence-electron chi connectivity index (χ3n) is 5.62. The van der Waals surface area contributed by atoms with Crippen LogP contribution in [-0.2, 0) is 11.2 Å². The number of nitrogen functional groups attached to an aromatic ring is 1. The molecule has 2 unspecified atom stereocenters. The molecule has 2 atom stereocenters. The number of anilines is 2. The third kappa shape index (κ3) is 2.50. The highest BCUT2D eigenvalue weighted by Gasteiger charge is 2.35. The molecule has 3 aliphatic heterocycles. The van der Waals surface area contributed by atoms with Crippen LogP contribution in [0.3, 0.4) is 0 Å². The highest BCUT2D eigenvalue weighted by atomic mass is 16.2. The normalized spacial score (nSPS) is 30.2. The van der Waals surface area contributed by atoms with Crippen molar-refractivity contribution >= 4 is 17.3 Å². The number of hydrogen-bond donors (Lipinski definition) is 2. The summed E-state index contributed by atoms with van der Waals surface area (Å²) in [5.74, 6) is 0.843. The highest BCUT2D eigenvalue weighted by Crippen LogP contribution is 2.35. The molecule has 3 heterocycles. The molecule has 22 heavy (non-hydrogen) atoms. The van der Waals surface area contributed by atoms with Gasteiger partial charge < -0.3 is 16.0 Å². The van der Waals surface area contributed by atoms with Gasteiger partial charge in [0.2, 0.25) is 5.91 Å². The summed E-state index contributed by atoms with van der Waals surface area (Å²) in [5, 5.41) is 3.65. The van der Waals surface area contributed by atoms with Crippen LogP contribution in [0, 0.1) is 5.92 Å². The van der Waals surface area contributed by atoms with Gasteiger partial charge in [-0.1, -0.05) is 6.07 Å². The van der Waals surface area contributed by atoms with Crippen LogP contribution in [0.2, 0.25) is 0 Å². The number of hydrogen-bond acceptors (Lipinski definition) is 3. The maximum Gasteiger partial charge on any atom is 0.227 e. The summed E-state index contributed by atoms with van der Waals surface area (Å²) in [5.41, 5.74) is 9.12. The summed E-state index contributed by atoms with van der Waals surface area (Å²) >= 11 is 0. The molecule has 1 amide bonds. The van der Waals surface area contributed by atoms with E-state index in [4.69, 9.17) is 5.73 Å². The van der Waals surface area contributed by atoms with Crippen LogP contribution in [0.25, 0.3) is 0 Å². The molecule has 1 aromatic carbocycles. The predicted molar refractivity (Wildman–Crippen MR) is 88.8 cm³/mol. The lowest BCUT2D eigenvalue weighted by Gasteiger charge is -2.33. The molecule has 0 aromatic heterocycles. The second kappa shape index (κ2) is 5.58. The lowest BCUT2D eigenvalue weighted by atomic mass is 9.88. The average Bonchev–Trinajstić information content (AvgIpc) is 2.86.